The van der Waals surface area contributed by atoms with Crippen molar-refractivity contribution in [1.82, 2.24) is 10.2 Å². The van der Waals surface area contributed by atoms with Crippen LogP contribution in [0.1, 0.15) is 40.3 Å². The van der Waals surface area contributed by atoms with Crippen LogP contribution in [0, 0.1) is 6.92 Å². The van der Waals surface area contributed by atoms with Gasteiger partial charge < -0.3 is 26.2 Å². The Morgan fingerprint density at radius 3 is 2.20 bits per heavy atom. The number of carbonyl (C=O) groups excluding carboxylic acids is 2. The maximum absolute atomic E-state index is 13.4. The SMILES string of the molecule is Cc1ccc(NC(=O)Nc2ccc3c(c2)CCN(C)C3C(=O)NC(Cc2ccc(CCC(=O)O)cc2)C(=O)O)cc1. The van der Waals surface area contributed by atoms with Crippen molar-refractivity contribution in [2.24, 2.45) is 0 Å². The van der Waals surface area contributed by atoms with Crippen LogP contribution in [0.4, 0.5) is 16.2 Å². The summed E-state index contributed by atoms with van der Waals surface area (Å²) in [6.07, 6.45) is 1.16. The summed E-state index contributed by atoms with van der Waals surface area (Å²) >= 11 is 0. The highest BCUT2D eigenvalue weighted by molar-refractivity contribution is 6.00. The number of urea groups is 1. The number of carboxylic acid groups (broad SMARTS) is 2. The van der Waals surface area contributed by atoms with Gasteiger partial charge in [-0.3, -0.25) is 14.5 Å². The van der Waals surface area contributed by atoms with Crippen LogP contribution in [0.25, 0.3) is 0 Å². The van der Waals surface area contributed by atoms with Crippen LogP contribution in [-0.4, -0.2) is 58.6 Å². The molecule has 214 valence electrons. The molecule has 1 aliphatic rings. The van der Waals surface area contributed by atoms with Crippen LogP contribution < -0.4 is 16.0 Å². The smallest absolute Gasteiger partial charge is 0.326 e. The van der Waals surface area contributed by atoms with Crippen LogP contribution in [-0.2, 0) is 33.6 Å². The van der Waals surface area contributed by atoms with Crippen molar-refractivity contribution < 1.29 is 29.4 Å². The highest BCUT2D eigenvalue weighted by atomic mass is 16.4. The number of amides is 3. The van der Waals surface area contributed by atoms with Gasteiger partial charge in [0.25, 0.3) is 0 Å². The molecule has 10 nitrogen and oxygen atoms in total. The van der Waals surface area contributed by atoms with Crippen LogP contribution in [0.2, 0.25) is 0 Å². The van der Waals surface area contributed by atoms with Gasteiger partial charge in [-0.2, -0.15) is 0 Å². The lowest BCUT2D eigenvalue weighted by Crippen LogP contribution is -2.49. The number of carbonyl (C=O) groups is 4. The Balaban J connectivity index is 1.42. The first-order valence-corrected chi connectivity index (χ1v) is 13.4. The fourth-order valence-electron chi connectivity index (χ4n) is 4.88. The molecule has 41 heavy (non-hydrogen) atoms. The number of hydrogen-bond acceptors (Lipinski definition) is 5. The third-order valence-corrected chi connectivity index (χ3v) is 7.13. The second-order valence-electron chi connectivity index (χ2n) is 10.3. The van der Waals surface area contributed by atoms with Crippen LogP contribution in [0.3, 0.4) is 0 Å². The number of carboxylic acids is 2. The molecule has 2 unspecified atom stereocenters. The number of anilines is 2. The Hall–Kier alpha value is -4.70. The van der Waals surface area contributed by atoms with Crippen LogP contribution in [0.5, 0.6) is 0 Å². The second kappa shape index (κ2) is 13.1. The highest BCUT2D eigenvalue weighted by Gasteiger charge is 2.33. The average molecular weight is 559 g/mol. The summed E-state index contributed by atoms with van der Waals surface area (Å²) in [4.78, 5) is 50.6. The predicted octanol–water partition coefficient (Wildman–Crippen LogP) is 4.00. The standard InChI is InChI=1S/C31H34N4O6/c1-19-3-10-23(11-4-19)32-31(41)33-24-12-13-25-22(18-24)15-16-35(2)28(25)29(38)34-26(30(39)40)17-21-7-5-20(6-8-21)9-14-27(36)37/h3-8,10-13,18,26,28H,9,14-17H2,1-2H3,(H,34,38)(H,36,37)(H,39,40)(H2,32,33,41). The van der Waals surface area contributed by atoms with E-state index in [1.54, 1.807) is 36.4 Å². The van der Waals surface area contributed by atoms with Gasteiger partial charge in [0.15, 0.2) is 0 Å². The lowest BCUT2D eigenvalue weighted by atomic mass is 9.91. The van der Waals surface area contributed by atoms with Gasteiger partial charge in [0.2, 0.25) is 5.91 Å². The quantitative estimate of drug-likeness (QED) is 0.253. The maximum atomic E-state index is 13.4. The summed E-state index contributed by atoms with van der Waals surface area (Å²) in [6, 6.07) is 17.7. The van der Waals surface area contributed by atoms with Crippen LogP contribution >= 0.6 is 0 Å². The molecule has 0 saturated heterocycles. The molecule has 5 N–H and O–H groups in total. The maximum Gasteiger partial charge on any atom is 0.326 e. The number of nitrogens with one attached hydrogen (secondary N) is 3. The number of aliphatic carboxylic acids is 2. The van der Waals surface area contributed by atoms with Crippen molar-refractivity contribution in [3.63, 3.8) is 0 Å². The van der Waals surface area contributed by atoms with E-state index in [1.807, 2.05) is 49.2 Å². The minimum absolute atomic E-state index is 0.0156. The number of benzene rings is 3. The van der Waals surface area contributed by atoms with E-state index in [2.05, 4.69) is 16.0 Å². The summed E-state index contributed by atoms with van der Waals surface area (Å²) in [6.45, 7) is 2.55. The molecule has 2 atom stereocenters. The molecule has 0 bridgehead atoms. The minimum atomic E-state index is -1.15. The fourth-order valence-corrected chi connectivity index (χ4v) is 4.88. The van der Waals surface area contributed by atoms with Gasteiger partial charge in [-0.25, -0.2) is 9.59 Å². The second-order valence-corrected chi connectivity index (χ2v) is 10.3. The van der Waals surface area contributed by atoms with Crippen molar-refractivity contribution in [3.05, 3.63) is 94.5 Å². The Morgan fingerprint density at radius 2 is 1.54 bits per heavy atom. The summed E-state index contributed by atoms with van der Waals surface area (Å²) < 4.78 is 0. The molecule has 0 aromatic heterocycles. The van der Waals surface area contributed by atoms with Gasteiger partial charge in [-0.1, -0.05) is 48.0 Å². The zero-order valence-electron chi connectivity index (χ0n) is 23.0. The molecule has 3 amide bonds. The van der Waals surface area contributed by atoms with E-state index in [4.69, 9.17) is 5.11 Å². The summed E-state index contributed by atoms with van der Waals surface area (Å²) in [5, 5.41) is 27.0. The van der Waals surface area contributed by atoms with E-state index in [1.165, 1.54) is 0 Å². The molecule has 1 aliphatic heterocycles. The molecule has 0 aliphatic carbocycles. The lowest BCUT2D eigenvalue weighted by Gasteiger charge is -2.34. The van der Waals surface area contributed by atoms with Gasteiger partial charge in [0.1, 0.15) is 12.1 Å². The minimum Gasteiger partial charge on any atom is -0.481 e. The van der Waals surface area contributed by atoms with Crippen molar-refractivity contribution in [1.29, 1.82) is 0 Å². The molecule has 1 heterocycles. The van der Waals surface area contributed by atoms with Crippen molar-refractivity contribution in [2.75, 3.05) is 24.2 Å². The molecule has 3 aromatic carbocycles. The van der Waals surface area contributed by atoms with E-state index in [-0.39, 0.29) is 18.9 Å². The lowest BCUT2D eigenvalue weighted by molar-refractivity contribution is -0.142. The summed E-state index contributed by atoms with van der Waals surface area (Å²) in [5.74, 6) is -2.45. The van der Waals surface area contributed by atoms with Gasteiger partial charge >= 0.3 is 18.0 Å². The molecular weight excluding hydrogens is 524 g/mol. The van der Waals surface area contributed by atoms with E-state index >= 15 is 0 Å². The molecule has 0 radical (unpaired) electrons. The molecule has 3 aromatic rings. The number of aryl methyl sites for hydroxylation is 2. The van der Waals surface area contributed by atoms with Crippen molar-refractivity contribution in [3.8, 4) is 0 Å². The normalized spacial score (nSPS) is 15.3. The van der Waals surface area contributed by atoms with Crippen molar-refractivity contribution in [2.45, 2.75) is 44.7 Å². The molecule has 0 fully saturated rings. The van der Waals surface area contributed by atoms with E-state index in [0.29, 0.717) is 36.3 Å². The van der Waals surface area contributed by atoms with E-state index in [9.17, 15) is 24.3 Å². The number of likely N-dealkylation sites (N-methyl/N-ethyl adjacent to an activating group) is 1. The molecule has 0 spiro atoms. The van der Waals surface area contributed by atoms with Crippen LogP contribution in [0.15, 0.2) is 66.7 Å². The fraction of sp³-hybridized carbons (Fsp3) is 0.290. The zero-order valence-corrected chi connectivity index (χ0v) is 23.0. The first-order chi connectivity index (χ1) is 19.6. The Labute approximate surface area is 238 Å². The molecule has 0 saturated carbocycles. The highest BCUT2D eigenvalue weighted by Crippen LogP contribution is 2.31. The Kier molecular flexibility index (Phi) is 9.36. The predicted molar refractivity (Wildman–Crippen MR) is 155 cm³/mol. The third-order valence-electron chi connectivity index (χ3n) is 7.13. The molecule has 4 rings (SSSR count). The Bertz CT molecular complexity index is 1420. The third kappa shape index (κ3) is 7.92. The number of fused-ring (bicyclic) bond motifs is 1. The number of hydrogen-bond donors (Lipinski definition) is 5. The Morgan fingerprint density at radius 1 is 0.902 bits per heavy atom. The number of nitrogens with zero attached hydrogens (tertiary/aromatic N) is 1. The van der Waals surface area contributed by atoms with E-state index in [0.717, 1.165) is 22.3 Å². The number of rotatable bonds is 10. The van der Waals surface area contributed by atoms with Gasteiger partial charge in [0.05, 0.1) is 0 Å². The van der Waals surface area contributed by atoms with Gasteiger partial charge in [-0.15, -0.1) is 0 Å². The van der Waals surface area contributed by atoms with Crippen molar-refractivity contribution >= 4 is 35.3 Å². The average Bonchev–Trinajstić information content (AvgIpc) is 2.93. The summed E-state index contributed by atoms with van der Waals surface area (Å²) in [7, 11) is 1.82. The first-order valence-electron chi connectivity index (χ1n) is 13.4. The molecular formula is C31H34N4O6. The topological polar surface area (TPSA) is 148 Å². The monoisotopic (exact) mass is 558 g/mol. The van der Waals surface area contributed by atoms with E-state index < -0.39 is 29.9 Å². The first kappa shape index (κ1) is 29.3. The van der Waals surface area contributed by atoms with Gasteiger partial charge in [0, 0.05) is 30.8 Å². The largest absolute Gasteiger partial charge is 0.481 e. The molecule has 10 heteroatoms. The zero-order chi connectivity index (χ0) is 29.5. The van der Waals surface area contributed by atoms with Gasteiger partial charge in [-0.05, 0) is 73.3 Å². The summed E-state index contributed by atoms with van der Waals surface area (Å²) in [5.41, 5.74) is 5.57.